The van der Waals surface area contributed by atoms with Crippen LogP contribution in [0.4, 0.5) is 5.69 Å². The van der Waals surface area contributed by atoms with Gasteiger partial charge in [0.1, 0.15) is 0 Å². The molecule has 0 aliphatic carbocycles. The first-order chi connectivity index (χ1) is 16.9. The van der Waals surface area contributed by atoms with E-state index in [1.165, 1.54) is 50.7 Å². The highest BCUT2D eigenvalue weighted by Gasteiger charge is 2.54. The summed E-state index contributed by atoms with van der Waals surface area (Å²) in [4.78, 5) is 17.0. The fourth-order valence-corrected chi connectivity index (χ4v) is 8.29. The summed E-state index contributed by atoms with van der Waals surface area (Å²) in [5.74, 6) is -0.169. The highest BCUT2D eigenvalue weighted by atomic mass is 32.2. The molecule has 2 fully saturated rings. The quantitative estimate of drug-likeness (QED) is 0.402. The zero-order chi connectivity index (χ0) is 26.8. The molecule has 0 saturated carbocycles. The second kappa shape index (κ2) is 11.4. The summed E-state index contributed by atoms with van der Waals surface area (Å²) in [6.45, 7) is 16.2. The lowest BCUT2D eigenvalue weighted by Gasteiger charge is -2.44. The number of carbonyl (C=O) groups is 1. The molecular formula is C27H46N4O4S. The molecule has 36 heavy (non-hydrogen) atoms. The van der Waals surface area contributed by atoms with Crippen LogP contribution in [0.15, 0.2) is 0 Å². The zero-order valence-corrected chi connectivity index (χ0v) is 24.1. The van der Waals surface area contributed by atoms with Gasteiger partial charge in [-0.05, 0) is 101 Å². The highest BCUT2D eigenvalue weighted by Crippen LogP contribution is 2.37. The molecule has 0 radical (unpaired) electrons. The lowest BCUT2D eigenvalue weighted by atomic mass is 9.85. The minimum Gasteiger partial charge on any atom is -0.368 e. The third kappa shape index (κ3) is 5.17. The van der Waals surface area contributed by atoms with Gasteiger partial charge in [-0.2, -0.15) is 4.31 Å². The maximum absolute atomic E-state index is 13.8. The summed E-state index contributed by atoms with van der Waals surface area (Å²) in [6.07, 6.45) is 3.85. The molecule has 3 rings (SSSR count). The number of piperidine rings is 1. The molecule has 1 atom stereocenters. The fraction of sp³-hybridized carbons (Fsp3) is 0.741. The zero-order valence-electron chi connectivity index (χ0n) is 23.3. The van der Waals surface area contributed by atoms with Crippen molar-refractivity contribution >= 4 is 21.6 Å². The Balaban J connectivity index is 1.84. The molecule has 2 saturated heterocycles. The first kappa shape index (κ1) is 28.9. The Morgan fingerprint density at radius 3 is 1.97 bits per heavy atom. The van der Waals surface area contributed by atoms with Gasteiger partial charge in [0.15, 0.2) is 4.75 Å². The monoisotopic (exact) mass is 522 g/mol. The number of sulfonamides is 1. The van der Waals surface area contributed by atoms with Crippen LogP contribution >= 0.6 is 0 Å². The second-order valence-corrected chi connectivity index (χ2v) is 13.3. The van der Waals surface area contributed by atoms with Crippen LogP contribution in [0.3, 0.4) is 0 Å². The number of benzene rings is 1. The number of amides is 1. The van der Waals surface area contributed by atoms with Crippen LogP contribution in [-0.2, 0) is 21.2 Å². The first-order valence-corrected chi connectivity index (χ1v) is 14.8. The van der Waals surface area contributed by atoms with Gasteiger partial charge >= 0.3 is 0 Å². The molecule has 0 bridgehead atoms. The average Bonchev–Trinajstić information content (AvgIpc) is 2.86. The number of anilines is 1. The number of rotatable bonds is 8. The van der Waals surface area contributed by atoms with Gasteiger partial charge in [-0.1, -0.05) is 26.7 Å². The SMILES string of the molecule is CCCC(C)Cc1c(C)c(C)c(N2CCN(S(=O)(=O)C3(C(=O)NO)CCN(C)CC3)CC2)c(C)c1C. The topological polar surface area (TPSA) is 93.2 Å². The smallest absolute Gasteiger partial charge is 0.266 e. The minimum absolute atomic E-state index is 0.174. The number of nitrogens with zero attached hydrogens (tertiary/aromatic N) is 3. The Labute approximate surface area is 218 Å². The fourth-order valence-electron chi connectivity index (χ4n) is 6.18. The van der Waals surface area contributed by atoms with Crippen molar-refractivity contribution in [2.24, 2.45) is 5.92 Å². The Hall–Kier alpha value is -1.68. The first-order valence-electron chi connectivity index (χ1n) is 13.4. The van der Waals surface area contributed by atoms with E-state index >= 15 is 0 Å². The molecule has 0 aromatic heterocycles. The number of piperazine rings is 1. The van der Waals surface area contributed by atoms with Gasteiger partial charge in [0.2, 0.25) is 10.0 Å². The van der Waals surface area contributed by atoms with Crippen molar-refractivity contribution in [1.29, 1.82) is 0 Å². The average molecular weight is 523 g/mol. The van der Waals surface area contributed by atoms with Crippen molar-refractivity contribution in [3.8, 4) is 0 Å². The maximum atomic E-state index is 13.8. The molecule has 2 heterocycles. The van der Waals surface area contributed by atoms with Gasteiger partial charge in [0.05, 0.1) is 0 Å². The standard InChI is InChI=1S/C27H46N4O4S/c1-8-9-19(2)18-24-20(3)22(5)25(23(6)21(24)4)30-14-16-31(17-15-30)36(34,35)27(26(32)28-33)10-12-29(7)13-11-27/h19,33H,8-18H2,1-7H3,(H,28,32). The summed E-state index contributed by atoms with van der Waals surface area (Å²) < 4.78 is 27.4. The molecule has 8 nitrogen and oxygen atoms in total. The largest absolute Gasteiger partial charge is 0.368 e. The Morgan fingerprint density at radius 1 is 0.972 bits per heavy atom. The number of hydrogen-bond acceptors (Lipinski definition) is 6. The maximum Gasteiger partial charge on any atom is 0.266 e. The van der Waals surface area contributed by atoms with E-state index in [1.807, 2.05) is 11.9 Å². The molecule has 204 valence electrons. The summed E-state index contributed by atoms with van der Waals surface area (Å²) in [5.41, 5.74) is 9.56. The van der Waals surface area contributed by atoms with Gasteiger partial charge in [0.25, 0.3) is 5.91 Å². The lowest BCUT2D eigenvalue weighted by molar-refractivity contribution is -0.133. The Bertz CT molecular complexity index is 1030. The van der Waals surface area contributed by atoms with E-state index in [0.717, 1.165) is 6.42 Å². The third-order valence-electron chi connectivity index (χ3n) is 8.77. The highest BCUT2D eigenvalue weighted by molar-refractivity contribution is 7.91. The van der Waals surface area contributed by atoms with Crippen LogP contribution in [-0.4, -0.2) is 79.8 Å². The molecule has 1 amide bonds. The van der Waals surface area contributed by atoms with Gasteiger partial charge in [-0.25, -0.2) is 13.9 Å². The van der Waals surface area contributed by atoms with Crippen LogP contribution in [0.2, 0.25) is 0 Å². The van der Waals surface area contributed by atoms with Crippen LogP contribution in [0.25, 0.3) is 0 Å². The molecule has 2 N–H and O–H groups in total. The molecule has 2 aliphatic rings. The predicted molar refractivity (Wildman–Crippen MR) is 145 cm³/mol. The van der Waals surface area contributed by atoms with Crippen molar-refractivity contribution in [1.82, 2.24) is 14.7 Å². The van der Waals surface area contributed by atoms with E-state index in [-0.39, 0.29) is 12.8 Å². The molecule has 1 aromatic rings. The van der Waals surface area contributed by atoms with Crippen LogP contribution < -0.4 is 10.4 Å². The van der Waals surface area contributed by atoms with Gasteiger partial charge in [-0.3, -0.25) is 10.0 Å². The van der Waals surface area contributed by atoms with E-state index in [0.29, 0.717) is 45.2 Å². The van der Waals surface area contributed by atoms with Crippen LogP contribution in [0.1, 0.15) is 67.3 Å². The minimum atomic E-state index is -3.94. The number of likely N-dealkylation sites (tertiary alicyclic amines) is 1. The molecule has 0 spiro atoms. The predicted octanol–water partition coefficient (Wildman–Crippen LogP) is 3.32. The third-order valence-corrected chi connectivity index (χ3v) is 11.4. The van der Waals surface area contributed by atoms with Crippen molar-refractivity contribution in [3.63, 3.8) is 0 Å². The van der Waals surface area contributed by atoms with E-state index in [9.17, 15) is 18.4 Å². The normalized spacial score (nSPS) is 20.4. The molecular weight excluding hydrogens is 476 g/mol. The number of hydroxylamine groups is 1. The van der Waals surface area contributed by atoms with E-state index in [1.54, 1.807) is 5.48 Å². The number of nitrogens with one attached hydrogen (secondary N) is 1. The van der Waals surface area contributed by atoms with Crippen molar-refractivity contribution in [2.45, 2.75) is 78.4 Å². The number of carbonyl (C=O) groups excluding carboxylic acids is 1. The van der Waals surface area contributed by atoms with Crippen LogP contribution in [0, 0.1) is 33.6 Å². The van der Waals surface area contributed by atoms with E-state index in [4.69, 9.17) is 0 Å². The Morgan fingerprint density at radius 2 is 1.50 bits per heavy atom. The van der Waals surface area contributed by atoms with E-state index < -0.39 is 20.7 Å². The van der Waals surface area contributed by atoms with Crippen molar-refractivity contribution < 1.29 is 18.4 Å². The molecule has 1 aromatic carbocycles. The van der Waals surface area contributed by atoms with Crippen LogP contribution in [0.5, 0.6) is 0 Å². The van der Waals surface area contributed by atoms with Crippen molar-refractivity contribution in [3.05, 3.63) is 27.8 Å². The molecule has 1 unspecified atom stereocenters. The summed E-state index contributed by atoms with van der Waals surface area (Å²) >= 11 is 0. The Kier molecular flexibility index (Phi) is 9.13. The summed E-state index contributed by atoms with van der Waals surface area (Å²) in [6, 6.07) is 0. The van der Waals surface area contributed by atoms with Gasteiger partial charge < -0.3 is 9.80 Å². The van der Waals surface area contributed by atoms with Crippen molar-refractivity contribution in [2.75, 3.05) is 51.2 Å². The number of hydrogen-bond donors (Lipinski definition) is 2. The summed E-state index contributed by atoms with van der Waals surface area (Å²) in [7, 11) is -2.03. The lowest BCUT2D eigenvalue weighted by Crippen LogP contribution is -2.63. The summed E-state index contributed by atoms with van der Waals surface area (Å²) in [5, 5.41) is 9.39. The molecule has 9 heteroatoms. The van der Waals surface area contributed by atoms with Gasteiger partial charge in [0, 0.05) is 31.9 Å². The molecule has 2 aliphatic heterocycles. The van der Waals surface area contributed by atoms with E-state index in [2.05, 4.69) is 46.4 Å². The second-order valence-electron chi connectivity index (χ2n) is 11.1. The van der Waals surface area contributed by atoms with Gasteiger partial charge in [-0.15, -0.1) is 0 Å².